The van der Waals surface area contributed by atoms with Crippen LogP contribution in [0.5, 0.6) is 0 Å². The van der Waals surface area contributed by atoms with Gasteiger partial charge in [0.25, 0.3) is 0 Å². The zero-order chi connectivity index (χ0) is 21.9. The van der Waals surface area contributed by atoms with Gasteiger partial charge in [-0.3, -0.25) is 0 Å². The van der Waals surface area contributed by atoms with Gasteiger partial charge in [-0.2, -0.15) is 0 Å². The maximum absolute atomic E-state index is 3.73. The summed E-state index contributed by atoms with van der Waals surface area (Å²) in [5, 5.41) is 5.47. The second-order valence-electron chi connectivity index (χ2n) is 11.0. The Balaban J connectivity index is 1.47. The highest BCUT2D eigenvalue weighted by atomic mass is 79.9. The molecular formula is C30H24Br2S. The summed E-state index contributed by atoms with van der Waals surface area (Å²) in [4.78, 5) is 3.00. The quantitative estimate of drug-likeness (QED) is 0.201. The molecule has 4 saturated carbocycles. The van der Waals surface area contributed by atoms with Crippen molar-refractivity contribution in [3.05, 3.63) is 80.7 Å². The number of hydrogen-bond donors (Lipinski definition) is 0. The summed E-state index contributed by atoms with van der Waals surface area (Å²) in [6.07, 6.45) is 7.17. The van der Waals surface area contributed by atoms with Crippen molar-refractivity contribution >= 4 is 65.2 Å². The molecule has 9 rings (SSSR count). The zero-order valence-corrected chi connectivity index (χ0v) is 22.3. The lowest BCUT2D eigenvalue weighted by molar-refractivity contribution is -0.0442. The molecule has 0 aromatic heterocycles. The number of halogens is 2. The fraction of sp³-hybridized carbons (Fsp3) is 0.333. The summed E-state index contributed by atoms with van der Waals surface area (Å²) in [6, 6.07) is 23.7. The van der Waals surface area contributed by atoms with E-state index in [0.29, 0.717) is 0 Å². The van der Waals surface area contributed by atoms with Crippen LogP contribution in [0.4, 0.5) is 0 Å². The van der Waals surface area contributed by atoms with Crippen molar-refractivity contribution in [2.75, 3.05) is 0 Å². The van der Waals surface area contributed by atoms with Crippen molar-refractivity contribution in [1.29, 1.82) is 0 Å². The maximum Gasteiger partial charge on any atom is 0.0282 e. The first-order valence-electron chi connectivity index (χ1n) is 12.2. The van der Waals surface area contributed by atoms with Crippen molar-refractivity contribution in [3.8, 4) is 0 Å². The monoisotopic (exact) mass is 574 g/mol. The summed E-state index contributed by atoms with van der Waals surface area (Å²) in [7, 11) is 0. The third-order valence-electron chi connectivity index (χ3n) is 9.34. The average molecular weight is 576 g/mol. The van der Waals surface area contributed by atoms with E-state index in [2.05, 4.69) is 92.5 Å². The summed E-state index contributed by atoms with van der Waals surface area (Å²) in [5.41, 5.74) is 3.44. The molecule has 0 atom stereocenters. The Hall–Kier alpha value is -1.29. The smallest absolute Gasteiger partial charge is 0.0282 e. The molecule has 0 amide bonds. The molecule has 0 unspecified atom stereocenters. The Morgan fingerprint density at radius 3 is 1.55 bits per heavy atom. The summed E-state index contributed by atoms with van der Waals surface area (Å²) in [5.74, 6) is 3.48. The molecule has 0 saturated heterocycles. The molecule has 164 valence electrons. The van der Waals surface area contributed by atoms with Crippen LogP contribution >= 0.6 is 43.6 Å². The van der Waals surface area contributed by atoms with Crippen LogP contribution in [0.1, 0.15) is 43.2 Å². The fourth-order valence-electron chi connectivity index (χ4n) is 8.38. The minimum absolute atomic E-state index is 0.177. The highest BCUT2D eigenvalue weighted by Crippen LogP contribution is 2.69. The van der Waals surface area contributed by atoms with Gasteiger partial charge in [-0.05, 0) is 137 Å². The van der Waals surface area contributed by atoms with Gasteiger partial charge in [0.1, 0.15) is 0 Å². The minimum atomic E-state index is 0.177. The Bertz CT molecular complexity index is 1360. The van der Waals surface area contributed by atoms with E-state index in [1.807, 2.05) is 11.8 Å². The molecule has 5 aliphatic rings. The Morgan fingerprint density at radius 1 is 0.576 bits per heavy atom. The SMILES string of the molecule is Brc1ccc2cc3c(cc2c1)C1(c2cc4cc(Br)ccc4cc2S3)C2CC3CC(C2)CC1C3. The van der Waals surface area contributed by atoms with E-state index in [9.17, 15) is 0 Å². The van der Waals surface area contributed by atoms with Gasteiger partial charge < -0.3 is 0 Å². The third-order valence-corrected chi connectivity index (χ3v) is 11.4. The highest BCUT2D eigenvalue weighted by Gasteiger charge is 2.60. The van der Waals surface area contributed by atoms with Crippen molar-refractivity contribution < 1.29 is 0 Å². The third kappa shape index (κ3) is 2.71. The first kappa shape index (κ1) is 20.0. The molecule has 1 aliphatic heterocycles. The molecule has 4 fully saturated rings. The number of hydrogen-bond acceptors (Lipinski definition) is 1. The van der Waals surface area contributed by atoms with E-state index >= 15 is 0 Å². The van der Waals surface area contributed by atoms with E-state index in [1.165, 1.54) is 72.4 Å². The van der Waals surface area contributed by atoms with Crippen LogP contribution in [0.3, 0.4) is 0 Å². The van der Waals surface area contributed by atoms with Crippen molar-refractivity contribution in [3.63, 3.8) is 0 Å². The summed E-state index contributed by atoms with van der Waals surface area (Å²) >= 11 is 9.47. The van der Waals surface area contributed by atoms with Gasteiger partial charge in [-0.1, -0.05) is 55.8 Å². The van der Waals surface area contributed by atoms with Crippen LogP contribution in [-0.4, -0.2) is 0 Å². The second kappa shape index (κ2) is 6.89. The molecule has 1 spiro atoms. The Morgan fingerprint density at radius 2 is 1.06 bits per heavy atom. The molecule has 0 nitrogen and oxygen atoms in total. The normalized spacial score (nSPS) is 28.4. The molecule has 1 heterocycles. The number of rotatable bonds is 0. The van der Waals surface area contributed by atoms with Crippen molar-refractivity contribution in [1.82, 2.24) is 0 Å². The lowest BCUT2D eigenvalue weighted by Crippen LogP contribution is -2.57. The van der Waals surface area contributed by atoms with E-state index in [-0.39, 0.29) is 5.41 Å². The fourth-order valence-corrected chi connectivity index (χ4v) is 10.4. The van der Waals surface area contributed by atoms with Gasteiger partial charge in [-0.15, -0.1) is 0 Å². The second-order valence-corrected chi connectivity index (χ2v) is 13.9. The van der Waals surface area contributed by atoms with E-state index < -0.39 is 0 Å². The van der Waals surface area contributed by atoms with Gasteiger partial charge in [0.2, 0.25) is 0 Å². The van der Waals surface area contributed by atoms with Crippen LogP contribution in [0, 0.1) is 23.7 Å². The van der Waals surface area contributed by atoms with Gasteiger partial charge in [0.15, 0.2) is 0 Å². The van der Waals surface area contributed by atoms with E-state index in [1.54, 1.807) is 11.1 Å². The molecule has 4 bridgehead atoms. The molecule has 3 heteroatoms. The van der Waals surface area contributed by atoms with Gasteiger partial charge in [0.05, 0.1) is 0 Å². The molecular weight excluding hydrogens is 552 g/mol. The molecule has 33 heavy (non-hydrogen) atoms. The van der Waals surface area contributed by atoms with E-state index in [0.717, 1.165) is 23.7 Å². The van der Waals surface area contributed by atoms with Gasteiger partial charge >= 0.3 is 0 Å². The van der Waals surface area contributed by atoms with Gasteiger partial charge in [-0.25, -0.2) is 0 Å². The molecule has 0 N–H and O–H groups in total. The number of fused-ring (bicyclic) bond motifs is 4. The standard InChI is InChI=1S/C30H24Br2S/c31-24-3-1-18-14-28-26(12-20(18)10-24)30(22-6-16-5-17(8-22)9-23(30)7-16)27-13-21-11-25(32)4-2-19(21)15-29(27)33-28/h1-4,10-17,22-23H,5-9H2. The highest BCUT2D eigenvalue weighted by molar-refractivity contribution is 9.10. The van der Waals surface area contributed by atoms with Crippen LogP contribution in [0.15, 0.2) is 79.4 Å². The topological polar surface area (TPSA) is 0 Å². The van der Waals surface area contributed by atoms with Crippen LogP contribution < -0.4 is 0 Å². The lowest BCUT2D eigenvalue weighted by atomic mass is 9.42. The van der Waals surface area contributed by atoms with Crippen LogP contribution in [0.25, 0.3) is 21.5 Å². The number of benzene rings is 4. The average Bonchev–Trinajstić information content (AvgIpc) is 2.79. The van der Waals surface area contributed by atoms with Crippen molar-refractivity contribution in [2.24, 2.45) is 23.7 Å². The maximum atomic E-state index is 3.73. The van der Waals surface area contributed by atoms with Gasteiger partial charge in [0, 0.05) is 24.2 Å². The Kier molecular flexibility index (Phi) is 4.17. The van der Waals surface area contributed by atoms with Crippen molar-refractivity contribution in [2.45, 2.75) is 47.3 Å². The molecule has 4 aromatic rings. The molecule has 0 radical (unpaired) electrons. The minimum Gasteiger partial charge on any atom is -0.0894 e. The first-order chi connectivity index (χ1) is 16.1. The largest absolute Gasteiger partial charge is 0.0894 e. The van der Waals surface area contributed by atoms with E-state index in [4.69, 9.17) is 0 Å². The summed E-state index contributed by atoms with van der Waals surface area (Å²) < 4.78 is 2.35. The predicted molar refractivity (Wildman–Crippen MR) is 145 cm³/mol. The summed E-state index contributed by atoms with van der Waals surface area (Å²) in [6.45, 7) is 0. The first-order valence-corrected chi connectivity index (χ1v) is 14.6. The van der Waals surface area contributed by atoms with Crippen LogP contribution in [-0.2, 0) is 5.41 Å². The predicted octanol–water partition coefficient (Wildman–Crippen LogP) is 9.72. The zero-order valence-electron chi connectivity index (χ0n) is 18.3. The lowest BCUT2D eigenvalue weighted by Gasteiger charge is -2.63. The Labute approximate surface area is 215 Å². The molecule has 4 aromatic carbocycles. The molecule has 4 aliphatic carbocycles. The van der Waals surface area contributed by atoms with Crippen LogP contribution in [0.2, 0.25) is 0 Å².